The monoisotopic (exact) mass is 285 g/mol. The van der Waals surface area contributed by atoms with E-state index >= 15 is 0 Å². The summed E-state index contributed by atoms with van der Waals surface area (Å²) in [5.74, 6) is 0. The fourth-order valence-electron chi connectivity index (χ4n) is 2.83. The molecular weight excluding hydrogens is 262 g/mol. The molecule has 6 heteroatoms. The molecule has 2 N–H and O–H groups in total. The van der Waals surface area contributed by atoms with E-state index in [0.717, 1.165) is 31.9 Å². The Balaban J connectivity index is 2.25. The molecule has 0 bridgehead atoms. The van der Waals surface area contributed by atoms with E-state index in [9.17, 15) is 0 Å². The Morgan fingerprint density at radius 3 is 2.89 bits per heavy atom. The fraction of sp³-hybridized carbons (Fsp3) is 0.769. The first-order chi connectivity index (χ1) is 9.04. The number of hydrogen-bond acceptors (Lipinski definition) is 4. The lowest BCUT2D eigenvalue weighted by Gasteiger charge is -2.32. The lowest BCUT2D eigenvalue weighted by Crippen LogP contribution is -2.46. The van der Waals surface area contributed by atoms with Gasteiger partial charge in [-0.25, -0.2) is 0 Å². The smallest absolute Gasteiger partial charge is 0.0834 e. The molecule has 1 aliphatic rings. The normalized spacial score (nSPS) is 24.4. The van der Waals surface area contributed by atoms with Crippen molar-refractivity contribution in [2.24, 2.45) is 5.73 Å². The van der Waals surface area contributed by atoms with Crippen LogP contribution in [0, 0.1) is 0 Å². The van der Waals surface area contributed by atoms with Crippen molar-refractivity contribution in [3.05, 3.63) is 16.9 Å². The molecule has 108 valence electrons. The molecule has 1 fully saturated rings. The van der Waals surface area contributed by atoms with E-state index in [1.54, 1.807) is 6.20 Å². The summed E-state index contributed by atoms with van der Waals surface area (Å²) < 4.78 is 1.91. The molecule has 0 spiro atoms. The van der Waals surface area contributed by atoms with Crippen LogP contribution in [0.25, 0.3) is 0 Å². The van der Waals surface area contributed by atoms with E-state index in [0.29, 0.717) is 5.02 Å². The average molecular weight is 286 g/mol. The van der Waals surface area contributed by atoms with Gasteiger partial charge in [0, 0.05) is 19.1 Å². The maximum absolute atomic E-state index is 6.50. The Hall–Kier alpha value is -0.620. The molecule has 5 nitrogen and oxygen atoms in total. The first-order valence-corrected chi connectivity index (χ1v) is 7.28. The van der Waals surface area contributed by atoms with Gasteiger partial charge in [0.05, 0.1) is 23.0 Å². The highest BCUT2D eigenvalue weighted by Gasteiger charge is 2.30. The molecule has 0 radical (unpaired) electrons. The molecule has 0 aliphatic carbocycles. The van der Waals surface area contributed by atoms with Crippen molar-refractivity contribution in [1.82, 2.24) is 19.6 Å². The Morgan fingerprint density at radius 2 is 2.21 bits per heavy atom. The SMILES string of the molecule is CCn1ncc(Cl)c1C(N)C1CN(C)CCCN1C. The van der Waals surface area contributed by atoms with Crippen molar-refractivity contribution in [3.8, 4) is 0 Å². The topological polar surface area (TPSA) is 50.3 Å². The lowest BCUT2D eigenvalue weighted by molar-refractivity contribution is 0.192. The van der Waals surface area contributed by atoms with Gasteiger partial charge in [0.25, 0.3) is 0 Å². The second-order valence-corrected chi connectivity index (χ2v) is 5.79. The van der Waals surface area contributed by atoms with Gasteiger partial charge in [0.2, 0.25) is 0 Å². The van der Waals surface area contributed by atoms with Crippen LogP contribution >= 0.6 is 11.6 Å². The Labute approximate surface area is 120 Å². The number of nitrogens with two attached hydrogens (primary N) is 1. The van der Waals surface area contributed by atoms with Crippen molar-refractivity contribution in [2.45, 2.75) is 32.0 Å². The lowest BCUT2D eigenvalue weighted by atomic mass is 10.0. The average Bonchev–Trinajstić information content (AvgIpc) is 2.67. The van der Waals surface area contributed by atoms with Crippen LogP contribution in [0.15, 0.2) is 6.20 Å². The Kier molecular flexibility index (Phi) is 4.84. The predicted octanol–water partition coefficient (Wildman–Crippen LogP) is 1.19. The summed E-state index contributed by atoms with van der Waals surface area (Å²) in [4.78, 5) is 4.69. The Bertz CT molecular complexity index is 419. The van der Waals surface area contributed by atoms with Crippen LogP contribution < -0.4 is 5.73 Å². The maximum atomic E-state index is 6.50. The minimum absolute atomic E-state index is 0.111. The standard InChI is InChI=1S/C13H24ClN5/c1-4-19-13(10(14)8-16-19)12(15)11-9-17(2)6-5-7-18(11)3/h8,11-12H,4-7,9,15H2,1-3H3. The molecule has 0 saturated carbocycles. The summed E-state index contributed by atoms with van der Waals surface area (Å²) in [6.45, 7) is 6.00. The molecule has 2 unspecified atom stereocenters. The van der Waals surface area contributed by atoms with Crippen molar-refractivity contribution in [3.63, 3.8) is 0 Å². The van der Waals surface area contributed by atoms with E-state index in [1.165, 1.54) is 6.42 Å². The van der Waals surface area contributed by atoms with Crippen molar-refractivity contribution in [1.29, 1.82) is 0 Å². The number of nitrogens with zero attached hydrogens (tertiary/aromatic N) is 4. The Morgan fingerprint density at radius 1 is 1.47 bits per heavy atom. The summed E-state index contributed by atoms with van der Waals surface area (Å²) in [7, 11) is 4.29. The van der Waals surface area contributed by atoms with Crippen LogP contribution in [-0.2, 0) is 6.54 Å². The van der Waals surface area contributed by atoms with Gasteiger partial charge in [0.15, 0.2) is 0 Å². The largest absolute Gasteiger partial charge is 0.321 e. The van der Waals surface area contributed by atoms with Gasteiger partial charge < -0.3 is 15.5 Å². The highest BCUT2D eigenvalue weighted by Crippen LogP contribution is 2.26. The minimum atomic E-state index is -0.111. The molecule has 19 heavy (non-hydrogen) atoms. The van der Waals surface area contributed by atoms with E-state index in [2.05, 4.69) is 35.9 Å². The predicted molar refractivity (Wildman–Crippen MR) is 78.4 cm³/mol. The van der Waals surface area contributed by atoms with Crippen LogP contribution in [-0.4, -0.2) is 59.4 Å². The van der Waals surface area contributed by atoms with Crippen LogP contribution in [0.3, 0.4) is 0 Å². The summed E-state index contributed by atoms with van der Waals surface area (Å²) in [5.41, 5.74) is 7.45. The van der Waals surface area contributed by atoms with Gasteiger partial charge in [-0.15, -0.1) is 0 Å². The number of hydrogen-bond donors (Lipinski definition) is 1. The third-order valence-electron chi connectivity index (χ3n) is 3.98. The number of likely N-dealkylation sites (N-methyl/N-ethyl adjacent to an activating group) is 2. The molecule has 1 aliphatic heterocycles. The fourth-order valence-corrected chi connectivity index (χ4v) is 3.10. The van der Waals surface area contributed by atoms with Crippen molar-refractivity contribution in [2.75, 3.05) is 33.7 Å². The molecule has 0 amide bonds. The third kappa shape index (κ3) is 3.11. The molecule has 2 rings (SSSR count). The first kappa shape index (κ1) is 14.8. The van der Waals surface area contributed by atoms with Gasteiger partial charge in [-0.1, -0.05) is 11.6 Å². The molecule has 0 aromatic carbocycles. The van der Waals surface area contributed by atoms with Crippen LogP contribution in [0.5, 0.6) is 0 Å². The summed E-state index contributed by atoms with van der Waals surface area (Å²) in [6, 6.07) is 0.160. The second-order valence-electron chi connectivity index (χ2n) is 5.38. The highest BCUT2D eigenvalue weighted by molar-refractivity contribution is 6.31. The number of aromatic nitrogens is 2. The highest BCUT2D eigenvalue weighted by atomic mass is 35.5. The van der Waals surface area contributed by atoms with Gasteiger partial charge >= 0.3 is 0 Å². The van der Waals surface area contributed by atoms with Crippen molar-refractivity contribution >= 4 is 11.6 Å². The number of rotatable bonds is 3. The first-order valence-electron chi connectivity index (χ1n) is 6.90. The third-order valence-corrected chi connectivity index (χ3v) is 4.27. The van der Waals surface area contributed by atoms with Gasteiger partial charge in [-0.2, -0.15) is 5.10 Å². The van der Waals surface area contributed by atoms with Crippen LogP contribution in [0.4, 0.5) is 0 Å². The molecule has 1 aromatic rings. The van der Waals surface area contributed by atoms with E-state index in [4.69, 9.17) is 17.3 Å². The minimum Gasteiger partial charge on any atom is -0.321 e. The zero-order valence-electron chi connectivity index (χ0n) is 12.0. The van der Waals surface area contributed by atoms with Crippen LogP contribution in [0.2, 0.25) is 5.02 Å². The quantitative estimate of drug-likeness (QED) is 0.906. The molecule has 2 atom stereocenters. The molecule has 1 aromatic heterocycles. The zero-order chi connectivity index (χ0) is 14.0. The van der Waals surface area contributed by atoms with E-state index < -0.39 is 0 Å². The van der Waals surface area contributed by atoms with Gasteiger partial charge in [-0.05, 0) is 40.5 Å². The summed E-state index contributed by atoms with van der Waals surface area (Å²) in [5, 5.41) is 4.97. The second kappa shape index (κ2) is 6.22. The van der Waals surface area contributed by atoms with Gasteiger partial charge in [0.1, 0.15) is 0 Å². The number of halogens is 1. The molecule has 1 saturated heterocycles. The van der Waals surface area contributed by atoms with Crippen molar-refractivity contribution < 1.29 is 0 Å². The molecule has 2 heterocycles. The van der Waals surface area contributed by atoms with E-state index in [1.807, 2.05) is 4.68 Å². The number of aryl methyl sites for hydroxylation is 1. The van der Waals surface area contributed by atoms with Crippen LogP contribution in [0.1, 0.15) is 25.1 Å². The zero-order valence-corrected chi connectivity index (χ0v) is 12.8. The van der Waals surface area contributed by atoms with Gasteiger partial charge in [-0.3, -0.25) is 4.68 Å². The molecular formula is C13H24ClN5. The summed E-state index contributed by atoms with van der Waals surface area (Å²) in [6.07, 6.45) is 2.87. The van der Waals surface area contributed by atoms with E-state index in [-0.39, 0.29) is 12.1 Å². The summed E-state index contributed by atoms with van der Waals surface area (Å²) >= 11 is 6.27. The maximum Gasteiger partial charge on any atom is 0.0834 e.